The Bertz CT molecular complexity index is 1010. The summed E-state index contributed by atoms with van der Waals surface area (Å²) in [6, 6.07) is 4.17. The van der Waals surface area contributed by atoms with E-state index in [0.29, 0.717) is 12.4 Å². The first-order chi connectivity index (χ1) is 14.8. The molecule has 0 bridgehead atoms. The van der Waals surface area contributed by atoms with Crippen LogP contribution in [0.5, 0.6) is 5.75 Å². The van der Waals surface area contributed by atoms with E-state index in [-0.39, 0.29) is 5.54 Å². The van der Waals surface area contributed by atoms with Crippen molar-refractivity contribution in [1.82, 2.24) is 9.63 Å². The van der Waals surface area contributed by atoms with Crippen molar-refractivity contribution in [1.29, 1.82) is 0 Å². The molecule has 5 nitrogen and oxygen atoms in total. The van der Waals surface area contributed by atoms with Gasteiger partial charge in [-0.2, -0.15) is 5.06 Å². The zero-order valence-corrected chi connectivity index (χ0v) is 21.6. The molecule has 2 aliphatic rings. The first kappa shape index (κ1) is 23.0. The standard InChI is InChI=1S/C24H33BrN2O3S/c1-6-31(28)21-14-18-16(13-20(21)29-5)10-12-26-19-15-30-27(24(2,3)4)11-8-7-9-17(19)22(25)23(18)26/h13-14H,6-12,15H2,1-5H3. The quantitative estimate of drug-likeness (QED) is 0.550. The van der Waals surface area contributed by atoms with E-state index in [1.165, 1.54) is 22.5 Å². The van der Waals surface area contributed by atoms with E-state index < -0.39 is 10.8 Å². The molecule has 1 aromatic carbocycles. The highest BCUT2D eigenvalue weighted by molar-refractivity contribution is 9.10. The summed E-state index contributed by atoms with van der Waals surface area (Å²) in [5.74, 6) is 1.30. The number of nitrogens with zero attached hydrogens (tertiary/aromatic N) is 2. The Balaban J connectivity index is 1.82. The molecule has 0 N–H and O–H groups in total. The highest BCUT2D eigenvalue weighted by Gasteiger charge is 2.31. The van der Waals surface area contributed by atoms with E-state index in [9.17, 15) is 4.21 Å². The van der Waals surface area contributed by atoms with E-state index in [2.05, 4.69) is 58.5 Å². The summed E-state index contributed by atoms with van der Waals surface area (Å²) in [6.45, 7) is 11.0. The number of hydrogen-bond acceptors (Lipinski definition) is 4. The Kier molecular flexibility index (Phi) is 6.69. The number of hydroxylamine groups is 2. The minimum absolute atomic E-state index is 0.0265. The summed E-state index contributed by atoms with van der Waals surface area (Å²) in [5, 5.41) is 2.14. The molecule has 0 radical (unpaired) electrons. The third-order valence-corrected chi connectivity index (χ3v) is 8.51. The predicted molar refractivity (Wildman–Crippen MR) is 129 cm³/mol. The zero-order chi connectivity index (χ0) is 22.3. The summed E-state index contributed by atoms with van der Waals surface area (Å²) in [4.78, 5) is 7.14. The van der Waals surface area contributed by atoms with E-state index in [1.807, 2.05) is 6.92 Å². The van der Waals surface area contributed by atoms with Crippen LogP contribution in [-0.4, -0.2) is 38.8 Å². The van der Waals surface area contributed by atoms with Gasteiger partial charge in [0.05, 0.1) is 34.2 Å². The second-order valence-electron chi connectivity index (χ2n) is 9.29. The van der Waals surface area contributed by atoms with Crippen LogP contribution >= 0.6 is 15.9 Å². The molecule has 2 aromatic rings. The van der Waals surface area contributed by atoms with Gasteiger partial charge in [0, 0.05) is 34.4 Å². The van der Waals surface area contributed by atoms with E-state index in [1.54, 1.807) is 7.11 Å². The SMILES string of the molecule is CCS(=O)c1cc2c(cc1OC)CCn1c3c(c(Br)c1-2)CCCCN(C(C)(C)C)OC3. The van der Waals surface area contributed by atoms with Crippen molar-refractivity contribution in [3.8, 4) is 17.0 Å². The van der Waals surface area contributed by atoms with Gasteiger partial charge in [0.15, 0.2) is 0 Å². The molecule has 170 valence electrons. The van der Waals surface area contributed by atoms with Crippen molar-refractivity contribution in [2.45, 2.75) is 77.0 Å². The molecular formula is C24H33BrN2O3S. The molecule has 2 aliphatic heterocycles. The maximum Gasteiger partial charge on any atom is 0.135 e. The van der Waals surface area contributed by atoms with Gasteiger partial charge in [0.2, 0.25) is 0 Å². The van der Waals surface area contributed by atoms with Gasteiger partial charge in [0.1, 0.15) is 12.4 Å². The van der Waals surface area contributed by atoms with Crippen molar-refractivity contribution >= 4 is 26.7 Å². The Morgan fingerprint density at radius 3 is 2.65 bits per heavy atom. The second kappa shape index (κ2) is 9.00. The summed E-state index contributed by atoms with van der Waals surface area (Å²) >= 11 is 3.95. The Labute approximate surface area is 196 Å². The molecule has 0 saturated carbocycles. The molecule has 0 aliphatic carbocycles. The lowest BCUT2D eigenvalue weighted by molar-refractivity contribution is -0.220. The smallest absolute Gasteiger partial charge is 0.135 e. The van der Waals surface area contributed by atoms with Crippen LogP contribution in [0.3, 0.4) is 0 Å². The number of benzene rings is 1. The molecule has 0 spiro atoms. The van der Waals surface area contributed by atoms with Gasteiger partial charge >= 0.3 is 0 Å². The number of hydrogen-bond donors (Lipinski definition) is 0. The molecule has 0 fully saturated rings. The third kappa shape index (κ3) is 4.26. The van der Waals surface area contributed by atoms with Crippen molar-refractivity contribution in [2.75, 3.05) is 19.4 Å². The van der Waals surface area contributed by atoms with Crippen LogP contribution in [0.4, 0.5) is 0 Å². The number of ether oxygens (including phenoxy) is 1. The molecule has 0 saturated heterocycles. The topological polar surface area (TPSA) is 43.7 Å². The highest BCUT2D eigenvalue weighted by atomic mass is 79.9. The van der Waals surface area contributed by atoms with Crippen molar-refractivity contribution in [2.24, 2.45) is 0 Å². The molecule has 3 heterocycles. The Morgan fingerprint density at radius 1 is 1.19 bits per heavy atom. The van der Waals surface area contributed by atoms with E-state index in [0.717, 1.165) is 59.5 Å². The van der Waals surface area contributed by atoms with Crippen LogP contribution in [0, 0.1) is 0 Å². The molecule has 31 heavy (non-hydrogen) atoms. The first-order valence-electron chi connectivity index (χ1n) is 11.2. The Morgan fingerprint density at radius 2 is 1.97 bits per heavy atom. The number of rotatable bonds is 3. The number of aryl methyl sites for hydroxylation is 1. The zero-order valence-electron chi connectivity index (χ0n) is 19.2. The molecule has 4 rings (SSSR count). The van der Waals surface area contributed by atoms with Crippen LogP contribution in [0.25, 0.3) is 11.3 Å². The van der Waals surface area contributed by atoms with Gasteiger partial charge < -0.3 is 9.30 Å². The lowest BCUT2D eigenvalue weighted by Crippen LogP contribution is -2.41. The molecular weight excluding hydrogens is 476 g/mol. The molecule has 7 heteroatoms. The molecule has 1 atom stereocenters. The van der Waals surface area contributed by atoms with Crippen LogP contribution in [0.15, 0.2) is 21.5 Å². The Hall–Kier alpha value is -1.15. The fourth-order valence-corrected chi connectivity index (χ4v) is 6.44. The minimum Gasteiger partial charge on any atom is -0.495 e. The van der Waals surface area contributed by atoms with Crippen molar-refractivity contribution in [3.63, 3.8) is 0 Å². The third-order valence-electron chi connectivity index (χ3n) is 6.32. The van der Waals surface area contributed by atoms with Gasteiger partial charge in [-0.1, -0.05) is 6.92 Å². The highest BCUT2D eigenvalue weighted by Crippen LogP contribution is 2.44. The largest absolute Gasteiger partial charge is 0.495 e. The second-order valence-corrected chi connectivity index (χ2v) is 11.8. The summed E-state index contributed by atoms with van der Waals surface area (Å²) < 4.78 is 21.9. The van der Waals surface area contributed by atoms with Crippen LogP contribution in [0.1, 0.15) is 57.4 Å². The maximum absolute atomic E-state index is 12.7. The average Bonchev–Trinajstić information content (AvgIpc) is 3.07. The number of aromatic nitrogens is 1. The molecule has 1 unspecified atom stereocenters. The number of fused-ring (bicyclic) bond motifs is 5. The average molecular weight is 510 g/mol. The number of halogens is 1. The van der Waals surface area contributed by atoms with E-state index in [4.69, 9.17) is 9.57 Å². The van der Waals surface area contributed by atoms with E-state index >= 15 is 0 Å². The summed E-state index contributed by atoms with van der Waals surface area (Å²) in [6.07, 6.45) is 4.20. The minimum atomic E-state index is -1.08. The summed E-state index contributed by atoms with van der Waals surface area (Å²) in [7, 11) is 0.583. The summed E-state index contributed by atoms with van der Waals surface area (Å²) in [5.41, 5.74) is 6.19. The fraction of sp³-hybridized carbons (Fsp3) is 0.583. The van der Waals surface area contributed by atoms with Crippen LogP contribution < -0.4 is 4.74 Å². The number of methoxy groups -OCH3 is 1. The molecule has 0 amide bonds. The normalized spacial score (nSPS) is 18.3. The maximum atomic E-state index is 12.7. The van der Waals surface area contributed by atoms with Gasteiger partial charge in [-0.3, -0.25) is 9.05 Å². The van der Waals surface area contributed by atoms with Crippen molar-refractivity contribution in [3.05, 3.63) is 33.4 Å². The van der Waals surface area contributed by atoms with Crippen LogP contribution in [-0.2, 0) is 41.6 Å². The van der Waals surface area contributed by atoms with Gasteiger partial charge in [-0.15, -0.1) is 0 Å². The fourth-order valence-electron chi connectivity index (χ4n) is 4.66. The van der Waals surface area contributed by atoms with Gasteiger partial charge in [-0.05, 0) is 85.6 Å². The first-order valence-corrected chi connectivity index (χ1v) is 13.3. The van der Waals surface area contributed by atoms with Crippen molar-refractivity contribution < 1.29 is 13.8 Å². The predicted octanol–water partition coefficient (Wildman–Crippen LogP) is 5.48. The van der Waals surface area contributed by atoms with Gasteiger partial charge in [0.25, 0.3) is 0 Å². The molecule has 1 aromatic heterocycles. The lowest BCUT2D eigenvalue weighted by Gasteiger charge is -2.34. The lowest BCUT2D eigenvalue weighted by atomic mass is 9.98. The van der Waals surface area contributed by atoms with Gasteiger partial charge in [-0.25, -0.2) is 0 Å². The monoisotopic (exact) mass is 508 g/mol. The van der Waals surface area contributed by atoms with Crippen LogP contribution in [0.2, 0.25) is 0 Å².